The average molecular weight is 159 g/mol. The number of ether oxygens (including phenoxy) is 1. The van der Waals surface area contributed by atoms with Crippen LogP contribution in [0.5, 0.6) is 0 Å². The van der Waals surface area contributed by atoms with E-state index in [4.69, 9.17) is 9.84 Å². The highest BCUT2D eigenvalue weighted by Crippen LogP contribution is 2.12. The van der Waals surface area contributed by atoms with Crippen molar-refractivity contribution in [1.29, 1.82) is 0 Å². The maximum atomic E-state index is 8.94. The second-order valence-electron chi connectivity index (χ2n) is 3.14. The van der Waals surface area contributed by atoms with Gasteiger partial charge in [-0.3, -0.25) is 5.32 Å². The van der Waals surface area contributed by atoms with E-state index in [-0.39, 0.29) is 6.23 Å². The lowest BCUT2D eigenvalue weighted by Gasteiger charge is -2.22. The summed E-state index contributed by atoms with van der Waals surface area (Å²) in [6.07, 6.45) is 1.87. The van der Waals surface area contributed by atoms with Crippen LogP contribution in [0.3, 0.4) is 0 Å². The first-order valence-electron chi connectivity index (χ1n) is 4.28. The van der Waals surface area contributed by atoms with Gasteiger partial charge in [-0.2, -0.15) is 0 Å². The highest BCUT2D eigenvalue weighted by atomic mass is 16.5. The molecule has 0 radical (unpaired) electrons. The summed E-state index contributed by atoms with van der Waals surface area (Å²) in [5.41, 5.74) is 0. The van der Waals surface area contributed by atoms with E-state index in [0.29, 0.717) is 5.92 Å². The predicted octanol–water partition coefficient (Wildman–Crippen LogP) is 0.341. The van der Waals surface area contributed by atoms with Crippen LogP contribution in [0.1, 0.15) is 19.8 Å². The van der Waals surface area contributed by atoms with Crippen molar-refractivity contribution in [2.45, 2.75) is 26.0 Å². The van der Waals surface area contributed by atoms with Gasteiger partial charge in [-0.05, 0) is 25.7 Å². The van der Waals surface area contributed by atoms with Gasteiger partial charge >= 0.3 is 0 Å². The Labute approximate surface area is 67.7 Å². The zero-order valence-corrected chi connectivity index (χ0v) is 7.05. The van der Waals surface area contributed by atoms with Crippen LogP contribution in [-0.4, -0.2) is 31.1 Å². The molecule has 2 N–H and O–H groups in total. The van der Waals surface area contributed by atoms with Gasteiger partial charge in [0, 0.05) is 19.8 Å². The Morgan fingerprint density at radius 3 is 2.73 bits per heavy atom. The number of hydrogen-bond donors (Lipinski definition) is 2. The number of hydrogen-bond acceptors (Lipinski definition) is 3. The first-order chi connectivity index (χ1) is 5.29. The topological polar surface area (TPSA) is 41.5 Å². The fourth-order valence-electron chi connectivity index (χ4n) is 1.29. The minimum Gasteiger partial charge on any atom is -0.381 e. The lowest BCUT2D eigenvalue weighted by Crippen LogP contribution is -2.33. The lowest BCUT2D eigenvalue weighted by molar-refractivity contribution is 0.0589. The monoisotopic (exact) mass is 159 g/mol. The maximum absolute atomic E-state index is 8.94. The fraction of sp³-hybridized carbons (Fsp3) is 1.00. The largest absolute Gasteiger partial charge is 0.381 e. The first-order valence-corrected chi connectivity index (χ1v) is 4.28. The van der Waals surface area contributed by atoms with Crippen molar-refractivity contribution in [2.75, 3.05) is 19.8 Å². The van der Waals surface area contributed by atoms with Crippen LogP contribution < -0.4 is 5.32 Å². The van der Waals surface area contributed by atoms with Crippen LogP contribution in [0.4, 0.5) is 0 Å². The van der Waals surface area contributed by atoms with Crippen LogP contribution in [0.2, 0.25) is 0 Å². The molecule has 11 heavy (non-hydrogen) atoms. The van der Waals surface area contributed by atoms with Gasteiger partial charge in [0.25, 0.3) is 0 Å². The van der Waals surface area contributed by atoms with E-state index in [9.17, 15) is 0 Å². The van der Waals surface area contributed by atoms with Gasteiger partial charge in [-0.15, -0.1) is 0 Å². The highest BCUT2D eigenvalue weighted by molar-refractivity contribution is 4.65. The zero-order chi connectivity index (χ0) is 8.10. The molecule has 1 aliphatic rings. The third-order valence-electron chi connectivity index (χ3n) is 2.04. The number of rotatable bonds is 3. The third-order valence-corrected chi connectivity index (χ3v) is 2.04. The van der Waals surface area contributed by atoms with Crippen LogP contribution in [0.25, 0.3) is 0 Å². The molecule has 1 saturated heterocycles. The van der Waals surface area contributed by atoms with Crippen molar-refractivity contribution >= 4 is 0 Å². The Hall–Kier alpha value is -0.120. The average Bonchev–Trinajstić information content (AvgIpc) is 2.03. The predicted molar refractivity (Wildman–Crippen MR) is 43.2 cm³/mol. The molecule has 0 spiro atoms. The van der Waals surface area contributed by atoms with Gasteiger partial charge < -0.3 is 9.84 Å². The van der Waals surface area contributed by atoms with Crippen LogP contribution >= 0.6 is 0 Å². The number of aliphatic hydroxyl groups excluding tert-OH is 1. The summed E-state index contributed by atoms with van der Waals surface area (Å²) in [5.74, 6) is 0.693. The fourth-order valence-corrected chi connectivity index (χ4v) is 1.29. The van der Waals surface area contributed by atoms with Gasteiger partial charge in [-0.25, -0.2) is 0 Å². The Morgan fingerprint density at radius 1 is 1.55 bits per heavy atom. The smallest absolute Gasteiger partial charge is 0.102 e. The van der Waals surface area contributed by atoms with E-state index in [2.05, 4.69) is 5.32 Å². The van der Waals surface area contributed by atoms with Gasteiger partial charge in [0.15, 0.2) is 0 Å². The number of nitrogens with one attached hydrogen (secondary N) is 1. The van der Waals surface area contributed by atoms with Crippen LogP contribution in [0, 0.1) is 5.92 Å². The van der Waals surface area contributed by atoms with E-state index >= 15 is 0 Å². The van der Waals surface area contributed by atoms with Gasteiger partial charge in [0.1, 0.15) is 6.23 Å². The molecule has 0 aromatic rings. The minimum absolute atomic E-state index is 0.377. The molecule has 1 unspecified atom stereocenters. The Balaban J connectivity index is 2.05. The van der Waals surface area contributed by atoms with Crippen molar-refractivity contribution in [2.24, 2.45) is 5.92 Å². The van der Waals surface area contributed by atoms with Crippen LogP contribution in [-0.2, 0) is 4.74 Å². The van der Waals surface area contributed by atoms with E-state index in [1.165, 1.54) is 0 Å². The van der Waals surface area contributed by atoms with E-state index in [1.807, 2.05) is 0 Å². The molecule has 0 aliphatic carbocycles. The summed E-state index contributed by atoms with van der Waals surface area (Å²) in [7, 11) is 0. The Bertz CT molecular complexity index is 100. The molecule has 1 rings (SSSR count). The first kappa shape index (κ1) is 8.97. The molecule has 3 nitrogen and oxygen atoms in total. The molecule has 1 aliphatic heterocycles. The number of aliphatic hydroxyl groups is 1. The molecule has 0 saturated carbocycles. The van der Waals surface area contributed by atoms with Crippen molar-refractivity contribution in [1.82, 2.24) is 5.32 Å². The van der Waals surface area contributed by atoms with Crippen molar-refractivity contribution in [3.05, 3.63) is 0 Å². The van der Waals surface area contributed by atoms with E-state index in [0.717, 1.165) is 32.6 Å². The van der Waals surface area contributed by atoms with E-state index < -0.39 is 0 Å². The van der Waals surface area contributed by atoms with E-state index in [1.54, 1.807) is 6.92 Å². The molecule has 3 heteroatoms. The molecule has 1 atom stereocenters. The summed E-state index contributed by atoms with van der Waals surface area (Å²) >= 11 is 0. The van der Waals surface area contributed by atoms with Crippen molar-refractivity contribution in [3.63, 3.8) is 0 Å². The standard InChI is InChI=1S/C8H17NO2/c1-7(10)9-6-8-2-4-11-5-3-8/h7-10H,2-6H2,1H3. The Morgan fingerprint density at radius 2 is 2.18 bits per heavy atom. The summed E-state index contributed by atoms with van der Waals surface area (Å²) in [6.45, 7) is 4.43. The van der Waals surface area contributed by atoms with Gasteiger partial charge in [-0.1, -0.05) is 0 Å². The molecule has 0 amide bonds. The molecular weight excluding hydrogens is 142 g/mol. The molecular formula is C8H17NO2. The van der Waals surface area contributed by atoms with Crippen LogP contribution in [0.15, 0.2) is 0 Å². The summed E-state index contributed by atoms with van der Waals surface area (Å²) in [6, 6.07) is 0. The van der Waals surface area contributed by atoms with Gasteiger partial charge in [0.2, 0.25) is 0 Å². The maximum Gasteiger partial charge on any atom is 0.102 e. The normalized spacial score (nSPS) is 23.5. The third kappa shape index (κ3) is 3.70. The quantitative estimate of drug-likeness (QED) is 0.583. The SMILES string of the molecule is CC(O)NCC1CCOCC1. The van der Waals surface area contributed by atoms with Crippen molar-refractivity contribution in [3.8, 4) is 0 Å². The van der Waals surface area contributed by atoms with Crippen molar-refractivity contribution < 1.29 is 9.84 Å². The summed E-state index contributed by atoms with van der Waals surface area (Å²) < 4.78 is 5.22. The second kappa shape index (κ2) is 4.70. The molecule has 1 heterocycles. The molecule has 0 aromatic heterocycles. The summed E-state index contributed by atoms with van der Waals surface area (Å²) in [5, 5.41) is 12.0. The lowest BCUT2D eigenvalue weighted by atomic mass is 10.0. The molecule has 0 bridgehead atoms. The molecule has 1 fully saturated rings. The molecule has 66 valence electrons. The minimum atomic E-state index is -0.377. The van der Waals surface area contributed by atoms with Gasteiger partial charge in [0.05, 0.1) is 0 Å². The molecule has 0 aromatic carbocycles. The zero-order valence-electron chi connectivity index (χ0n) is 7.05. The second-order valence-corrected chi connectivity index (χ2v) is 3.14. The summed E-state index contributed by atoms with van der Waals surface area (Å²) in [4.78, 5) is 0. The Kier molecular flexibility index (Phi) is 3.83. The highest BCUT2D eigenvalue weighted by Gasteiger charge is 2.13.